The SMILES string of the molecule is O=C(OC1=CC(C2CCCCC2)OC1)c1ccccc1. The molecule has 0 spiro atoms. The molecule has 1 unspecified atom stereocenters. The Balaban J connectivity index is 1.59. The topological polar surface area (TPSA) is 35.5 Å². The molecular formula is C17H20O3. The monoisotopic (exact) mass is 272 g/mol. The minimum atomic E-state index is -0.301. The third-order valence-corrected chi connectivity index (χ3v) is 4.12. The fourth-order valence-electron chi connectivity index (χ4n) is 3.01. The molecule has 3 heteroatoms. The van der Waals surface area contributed by atoms with Gasteiger partial charge in [0.2, 0.25) is 0 Å². The highest BCUT2D eigenvalue weighted by atomic mass is 16.6. The predicted octanol–water partition coefficient (Wildman–Crippen LogP) is 3.71. The van der Waals surface area contributed by atoms with Crippen molar-refractivity contribution in [2.75, 3.05) is 6.61 Å². The molecule has 1 heterocycles. The van der Waals surface area contributed by atoms with Gasteiger partial charge in [0.05, 0.1) is 11.7 Å². The summed E-state index contributed by atoms with van der Waals surface area (Å²) in [7, 11) is 0. The molecule has 1 atom stereocenters. The van der Waals surface area contributed by atoms with E-state index >= 15 is 0 Å². The lowest BCUT2D eigenvalue weighted by Gasteiger charge is -2.25. The van der Waals surface area contributed by atoms with Gasteiger partial charge in [-0.15, -0.1) is 0 Å². The molecule has 1 saturated carbocycles. The fraction of sp³-hybridized carbons (Fsp3) is 0.471. The second-order valence-corrected chi connectivity index (χ2v) is 5.56. The zero-order valence-electron chi connectivity index (χ0n) is 11.6. The number of hydrogen-bond acceptors (Lipinski definition) is 3. The predicted molar refractivity (Wildman–Crippen MR) is 76.3 cm³/mol. The normalized spacial score (nSPS) is 23.4. The number of rotatable bonds is 3. The van der Waals surface area contributed by atoms with E-state index in [-0.39, 0.29) is 12.1 Å². The van der Waals surface area contributed by atoms with E-state index in [1.807, 2.05) is 24.3 Å². The van der Waals surface area contributed by atoms with E-state index in [1.54, 1.807) is 12.1 Å². The lowest BCUT2D eigenvalue weighted by atomic mass is 9.85. The summed E-state index contributed by atoms with van der Waals surface area (Å²) in [6, 6.07) is 9.07. The van der Waals surface area contributed by atoms with E-state index in [4.69, 9.17) is 9.47 Å². The average molecular weight is 272 g/mol. The summed E-state index contributed by atoms with van der Waals surface area (Å²) in [6.07, 6.45) is 8.49. The molecule has 0 radical (unpaired) electrons. The van der Waals surface area contributed by atoms with Crippen molar-refractivity contribution in [3.63, 3.8) is 0 Å². The van der Waals surface area contributed by atoms with Crippen molar-refractivity contribution in [1.82, 2.24) is 0 Å². The molecule has 3 nitrogen and oxygen atoms in total. The summed E-state index contributed by atoms with van der Waals surface area (Å²) in [6.45, 7) is 0.416. The lowest BCUT2D eigenvalue weighted by Crippen LogP contribution is -2.21. The Labute approximate surface area is 119 Å². The van der Waals surface area contributed by atoms with E-state index in [1.165, 1.54) is 32.1 Å². The molecule has 3 rings (SSSR count). The van der Waals surface area contributed by atoms with Crippen LogP contribution in [-0.2, 0) is 9.47 Å². The molecule has 20 heavy (non-hydrogen) atoms. The molecule has 0 bridgehead atoms. The summed E-state index contributed by atoms with van der Waals surface area (Å²) in [4.78, 5) is 12.0. The summed E-state index contributed by atoms with van der Waals surface area (Å²) >= 11 is 0. The smallest absolute Gasteiger partial charge is 0.343 e. The van der Waals surface area contributed by atoms with Crippen molar-refractivity contribution in [2.24, 2.45) is 5.92 Å². The van der Waals surface area contributed by atoms with Gasteiger partial charge >= 0.3 is 5.97 Å². The third-order valence-electron chi connectivity index (χ3n) is 4.12. The second kappa shape index (κ2) is 6.23. The van der Waals surface area contributed by atoms with Crippen LogP contribution >= 0.6 is 0 Å². The number of benzene rings is 1. The van der Waals surface area contributed by atoms with Crippen LogP contribution in [0, 0.1) is 5.92 Å². The van der Waals surface area contributed by atoms with Gasteiger partial charge < -0.3 is 9.47 Å². The van der Waals surface area contributed by atoms with Gasteiger partial charge in [0, 0.05) is 0 Å². The third kappa shape index (κ3) is 3.10. The molecule has 2 aliphatic rings. The molecule has 1 aromatic carbocycles. The Morgan fingerprint density at radius 3 is 2.60 bits per heavy atom. The van der Waals surface area contributed by atoms with Gasteiger partial charge in [-0.3, -0.25) is 0 Å². The van der Waals surface area contributed by atoms with Gasteiger partial charge in [0.25, 0.3) is 0 Å². The van der Waals surface area contributed by atoms with Gasteiger partial charge in [-0.1, -0.05) is 37.5 Å². The van der Waals surface area contributed by atoms with Crippen molar-refractivity contribution in [1.29, 1.82) is 0 Å². The van der Waals surface area contributed by atoms with Crippen LogP contribution in [0.25, 0.3) is 0 Å². The van der Waals surface area contributed by atoms with Crippen molar-refractivity contribution in [3.8, 4) is 0 Å². The first-order chi connectivity index (χ1) is 9.83. The summed E-state index contributed by atoms with van der Waals surface area (Å²) in [5.41, 5.74) is 0.578. The number of hydrogen-bond donors (Lipinski definition) is 0. The van der Waals surface area contributed by atoms with Crippen molar-refractivity contribution in [2.45, 2.75) is 38.2 Å². The van der Waals surface area contributed by atoms with Gasteiger partial charge in [-0.2, -0.15) is 0 Å². The number of carbonyl (C=O) groups excluding carboxylic acids is 1. The van der Waals surface area contributed by atoms with Crippen molar-refractivity contribution in [3.05, 3.63) is 47.7 Å². The maximum Gasteiger partial charge on any atom is 0.343 e. The van der Waals surface area contributed by atoms with Gasteiger partial charge in [0.1, 0.15) is 12.4 Å². The van der Waals surface area contributed by atoms with E-state index in [2.05, 4.69) is 0 Å². The minimum Gasteiger partial charge on any atom is -0.425 e. The molecule has 1 aliphatic carbocycles. The number of ether oxygens (including phenoxy) is 2. The van der Waals surface area contributed by atoms with E-state index in [9.17, 15) is 4.79 Å². The zero-order valence-corrected chi connectivity index (χ0v) is 11.6. The molecule has 0 saturated heterocycles. The van der Waals surface area contributed by atoms with Crippen LogP contribution in [0.15, 0.2) is 42.2 Å². The average Bonchev–Trinajstić information content (AvgIpc) is 2.97. The van der Waals surface area contributed by atoms with Gasteiger partial charge in [-0.25, -0.2) is 4.79 Å². The molecule has 1 aromatic rings. The zero-order chi connectivity index (χ0) is 13.8. The Hall–Kier alpha value is -1.61. The first kappa shape index (κ1) is 13.4. The number of esters is 1. The molecule has 0 aromatic heterocycles. The minimum absolute atomic E-state index is 0.133. The molecule has 0 amide bonds. The van der Waals surface area contributed by atoms with Crippen LogP contribution in [0.3, 0.4) is 0 Å². The van der Waals surface area contributed by atoms with E-state index in [0.717, 1.165) is 0 Å². The molecule has 0 N–H and O–H groups in total. The Morgan fingerprint density at radius 2 is 1.85 bits per heavy atom. The van der Waals surface area contributed by atoms with Crippen molar-refractivity contribution < 1.29 is 14.3 Å². The highest BCUT2D eigenvalue weighted by molar-refractivity contribution is 5.90. The summed E-state index contributed by atoms with van der Waals surface area (Å²) in [5, 5.41) is 0. The maximum absolute atomic E-state index is 12.0. The lowest BCUT2D eigenvalue weighted by molar-refractivity contribution is 0.0427. The van der Waals surface area contributed by atoms with Crippen molar-refractivity contribution >= 4 is 5.97 Å². The molecule has 1 fully saturated rings. The quantitative estimate of drug-likeness (QED) is 0.787. The first-order valence-electron chi connectivity index (χ1n) is 7.42. The highest BCUT2D eigenvalue weighted by Gasteiger charge is 2.28. The molecule has 106 valence electrons. The van der Waals surface area contributed by atoms with Crippen LogP contribution in [0.4, 0.5) is 0 Å². The van der Waals surface area contributed by atoms with E-state index < -0.39 is 0 Å². The van der Waals surface area contributed by atoms with Crippen LogP contribution < -0.4 is 0 Å². The molecule has 1 aliphatic heterocycles. The van der Waals surface area contributed by atoms with Crippen LogP contribution in [0.2, 0.25) is 0 Å². The van der Waals surface area contributed by atoms with Gasteiger partial charge in [0.15, 0.2) is 0 Å². The fourth-order valence-corrected chi connectivity index (χ4v) is 3.01. The Morgan fingerprint density at radius 1 is 1.10 bits per heavy atom. The maximum atomic E-state index is 12.0. The molecular weight excluding hydrogens is 252 g/mol. The van der Waals surface area contributed by atoms with Crippen LogP contribution in [-0.4, -0.2) is 18.7 Å². The Kier molecular flexibility index (Phi) is 4.16. The second-order valence-electron chi connectivity index (χ2n) is 5.56. The summed E-state index contributed by atoms with van der Waals surface area (Å²) in [5.74, 6) is 0.954. The van der Waals surface area contributed by atoms with Crippen LogP contribution in [0.5, 0.6) is 0 Å². The van der Waals surface area contributed by atoms with E-state index in [0.29, 0.717) is 23.8 Å². The summed E-state index contributed by atoms with van der Waals surface area (Å²) < 4.78 is 11.2. The van der Waals surface area contributed by atoms with Crippen LogP contribution in [0.1, 0.15) is 42.5 Å². The number of carbonyl (C=O) groups is 1. The first-order valence-corrected chi connectivity index (χ1v) is 7.42. The van der Waals surface area contributed by atoms with Gasteiger partial charge in [-0.05, 0) is 37.0 Å². The standard InChI is InChI=1S/C17H20O3/c18-17(14-9-5-2-6-10-14)20-15-11-16(19-12-15)13-7-3-1-4-8-13/h2,5-6,9-11,13,16H,1,3-4,7-8,12H2. The highest BCUT2D eigenvalue weighted by Crippen LogP contribution is 2.31. The Bertz CT molecular complexity index is 486. The largest absolute Gasteiger partial charge is 0.425 e.